The fraction of sp³-hybridized carbons (Fsp3) is 0.875. The minimum Gasteiger partial charge on any atom is -0.288 e. The molecule has 11 heavy (non-hydrogen) atoms. The molecule has 1 unspecified atom stereocenters. The Morgan fingerprint density at radius 2 is 2.45 bits per heavy atom. The predicted octanol–water partition coefficient (Wildman–Crippen LogP) is 1.33. The summed E-state index contributed by atoms with van der Waals surface area (Å²) in [6.07, 6.45) is 2.62. The second-order valence-corrected chi connectivity index (χ2v) is 2.87. The van der Waals surface area contributed by atoms with Crippen LogP contribution in [0.1, 0.15) is 19.3 Å². The average Bonchev–Trinajstić information content (AvgIpc) is 2.47. The van der Waals surface area contributed by atoms with Crippen LogP contribution in [-0.4, -0.2) is 30.7 Å². The van der Waals surface area contributed by atoms with E-state index in [1.165, 1.54) is 0 Å². The highest BCUT2D eigenvalue weighted by Gasteiger charge is 2.22. The maximum Gasteiger partial charge on any atom is 0.0978 e. The van der Waals surface area contributed by atoms with Gasteiger partial charge in [0.15, 0.2) is 0 Å². The number of likely N-dealkylation sites (tertiary alicyclic amines) is 1. The lowest BCUT2D eigenvalue weighted by Crippen LogP contribution is -2.29. The summed E-state index contributed by atoms with van der Waals surface area (Å²) in [5.41, 5.74) is 0. The maximum atomic E-state index is 11.8. The van der Waals surface area contributed by atoms with Crippen LogP contribution in [0.5, 0.6) is 0 Å². The molecule has 2 nitrogen and oxygen atoms in total. The van der Waals surface area contributed by atoms with Gasteiger partial charge in [0.25, 0.3) is 0 Å². The van der Waals surface area contributed by atoms with Gasteiger partial charge in [-0.05, 0) is 25.8 Å². The summed E-state index contributed by atoms with van der Waals surface area (Å²) in [5, 5.41) is 8.65. The van der Waals surface area contributed by atoms with Gasteiger partial charge in [-0.25, -0.2) is 0 Å². The number of hydrogen-bond donors (Lipinski definition) is 0. The zero-order valence-corrected chi connectivity index (χ0v) is 6.59. The van der Waals surface area contributed by atoms with E-state index in [9.17, 15) is 4.39 Å². The SMILES string of the molecule is N#CC1CCCN1CCCF. The minimum absolute atomic E-state index is 0.0570. The third kappa shape index (κ3) is 2.16. The summed E-state index contributed by atoms with van der Waals surface area (Å²) >= 11 is 0. The Morgan fingerprint density at radius 1 is 1.64 bits per heavy atom. The van der Waals surface area contributed by atoms with Crippen LogP contribution in [0.4, 0.5) is 4.39 Å². The van der Waals surface area contributed by atoms with Gasteiger partial charge in [0.05, 0.1) is 18.8 Å². The van der Waals surface area contributed by atoms with E-state index in [1.807, 2.05) is 0 Å². The average molecular weight is 156 g/mol. The zero-order chi connectivity index (χ0) is 8.10. The first-order valence-electron chi connectivity index (χ1n) is 4.08. The molecule has 1 heterocycles. The first kappa shape index (κ1) is 8.48. The van der Waals surface area contributed by atoms with E-state index in [0.717, 1.165) is 25.9 Å². The molecule has 0 aliphatic carbocycles. The molecule has 62 valence electrons. The molecule has 0 bridgehead atoms. The first-order valence-corrected chi connectivity index (χ1v) is 4.08. The molecule has 1 aliphatic rings. The summed E-state index contributed by atoms with van der Waals surface area (Å²) in [6, 6.07) is 2.28. The molecule has 0 saturated carbocycles. The van der Waals surface area contributed by atoms with Crippen LogP contribution in [0.15, 0.2) is 0 Å². The van der Waals surface area contributed by atoms with Crippen LogP contribution < -0.4 is 0 Å². The zero-order valence-electron chi connectivity index (χ0n) is 6.59. The van der Waals surface area contributed by atoms with E-state index < -0.39 is 0 Å². The van der Waals surface area contributed by atoms with E-state index in [4.69, 9.17) is 5.26 Å². The Balaban J connectivity index is 2.27. The van der Waals surface area contributed by atoms with Crippen molar-refractivity contribution in [3.05, 3.63) is 0 Å². The van der Waals surface area contributed by atoms with Crippen molar-refractivity contribution >= 4 is 0 Å². The van der Waals surface area contributed by atoms with Gasteiger partial charge in [-0.2, -0.15) is 5.26 Å². The van der Waals surface area contributed by atoms with Gasteiger partial charge in [-0.1, -0.05) is 0 Å². The molecule has 0 aromatic heterocycles. The van der Waals surface area contributed by atoms with Crippen molar-refractivity contribution in [2.75, 3.05) is 19.8 Å². The molecule has 1 saturated heterocycles. The number of nitriles is 1. The van der Waals surface area contributed by atoms with Crippen molar-refractivity contribution < 1.29 is 4.39 Å². The van der Waals surface area contributed by atoms with E-state index >= 15 is 0 Å². The molecule has 1 atom stereocenters. The first-order chi connectivity index (χ1) is 5.38. The lowest BCUT2D eigenvalue weighted by atomic mass is 10.2. The normalized spacial score (nSPS) is 25.3. The molecule has 0 radical (unpaired) electrons. The predicted molar refractivity (Wildman–Crippen MR) is 40.8 cm³/mol. The van der Waals surface area contributed by atoms with Crippen LogP contribution in [0.2, 0.25) is 0 Å². The Hall–Kier alpha value is -0.620. The fourth-order valence-electron chi connectivity index (χ4n) is 1.50. The fourth-order valence-corrected chi connectivity index (χ4v) is 1.50. The van der Waals surface area contributed by atoms with Gasteiger partial charge in [0, 0.05) is 6.54 Å². The standard InChI is InChI=1S/C8H13FN2/c9-4-2-6-11-5-1-3-8(11)7-10/h8H,1-6H2. The van der Waals surface area contributed by atoms with Crippen LogP contribution in [-0.2, 0) is 0 Å². The van der Waals surface area contributed by atoms with Crippen LogP contribution in [0, 0.1) is 11.3 Å². The molecule has 0 amide bonds. The van der Waals surface area contributed by atoms with Crippen molar-refractivity contribution in [1.29, 1.82) is 5.26 Å². The lowest BCUT2D eigenvalue weighted by molar-refractivity contribution is 0.276. The Kier molecular flexibility index (Phi) is 3.31. The molecule has 0 aromatic carbocycles. The molecule has 1 rings (SSSR count). The highest BCUT2D eigenvalue weighted by atomic mass is 19.1. The van der Waals surface area contributed by atoms with Crippen LogP contribution in [0.25, 0.3) is 0 Å². The lowest BCUT2D eigenvalue weighted by Gasteiger charge is -2.17. The smallest absolute Gasteiger partial charge is 0.0978 e. The Labute approximate surface area is 66.6 Å². The van der Waals surface area contributed by atoms with E-state index in [1.54, 1.807) is 0 Å². The van der Waals surface area contributed by atoms with Crippen LogP contribution in [0.3, 0.4) is 0 Å². The monoisotopic (exact) mass is 156 g/mol. The van der Waals surface area contributed by atoms with Crippen molar-refractivity contribution in [1.82, 2.24) is 4.90 Å². The molecule has 0 spiro atoms. The van der Waals surface area contributed by atoms with E-state index in [0.29, 0.717) is 6.42 Å². The van der Waals surface area contributed by atoms with Gasteiger partial charge < -0.3 is 0 Å². The maximum absolute atomic E-state index is 11.8. The van der Waals surface area contributed by atoms with E-state index in [2.05, 4.69) is 11.0 Å². The van der Waals surface area contributed by atoms with Crippen molar-refractivity contribution in [3.63, 3.8) is 0 Å². The largest absolute Gasteiger partial charge is 0.288 e. The molecule has 0 aromatic rings. The minimum atomic E-state index is -0.269. The third-order valence-corrected chi connectivity index (χ3v) is 2.09. The van der Waals surface area contributed by atoms with E-state index in [-0.39, 0.29) is 12.7 Å². The molecular weight excluding hydrogens is 143 g/mol. The Morgan fingerprint density at radius 3 is 3.09 bits per heavy atom. The molecular formula is C8H13FN2. The summed E-state index contributed by atoms with van der Waals surface area (Å²) in [5.74, 6) is 0. The highest BCUT2D eigenvalue weighted by Crippen LogP contribution is 2.15. The summed E-state index contributed by atoms with van der Waals surface area (Å²) < 4.78 is 11.8. The van der Waals surface area contributed by atoms with Gasteiger partial charge in [0.2, 0.25) is 0 Å². The summed E-state index contributed by atoms with van der Waals surface area (Å²) in [7, 11) is 0. The Bertz CT molecular complexity index is 153. The number of nitrogens with zero attached hydrogens (tertiary/aromatic N) is 2. The summed E-state index contributed by atoms with van der Waals surface area (Å²) in [4.78, 5) is 2.07. The number of halogens is 1. The molecule has 1 fully saturated rings. The molecule has 1 aliphatic heterocycles. The molecule has 0 N–H and O–H groups in total. The second-order valence-electron chi connectivity index (χ2n) is 2.87. The summed E-state index contributed by atoms with van der Waals surface area (Å²) in [6.45, 7) is 1.45. The van der Waals surface area contributed by atoms with Crippen molar-refractivity contribution in [2.45, 2.75) is 25.3 Å². The topological polar surface area (TPSA) is 27.0 Å². The number of hydrogen-bond acceptors (Lipinski definition) is 2. The number of rotatable bonds is 3. The second kappa shape index (κ2) is 4.30. The van der Waals surface area contributed by atoms with Gasteiger partial charge in [-0.15, -0.1) is 0 Å². The highest BCUT2D eigenvalue weighted by molar-refractivity contribution is 4.95. The van der Waals surface area contributed by atoms with Crippen molar-refractivity contribution in [2.24, 2.45) is 0 Å². The van der Waals surface area contributed by atoms with Gasteiger partial charge in [0.1, 0.15) is 0 Å². The van der Waals surface area contributed by atoms with Gasteiger partial charge in [-0.3, -0.25) is 9.29 Å². The van der Waals surface area contributed by atoms with Crippen molar-refractivity contribution in [3.8, 4) is 6.07 Å². The van der Waals surface area contributed by atoms with Crippen LogP contribution >= 0.6 is 0 Å². The quantitative estimate of drug-likeness (QED) is 0.616. The van der Waals surface area contributed by atoms with Gasteiger partial charge >= 0.3 is 0 Å². The number of alkyl halides is 1. The molecule has 3 heteroatoms. The third-order valence-electron chi connectivity index (χ3n) is 2.09.